The minimum absolute atomic E-state index is 0.000719. The number of benzene rings is 1. The average Bonchev–Trinajstić information content (AvgIpc) is 3.56. The summed E-state index contributed by atoms with van der Waals surface area (Å²) in [6.07, 6.45) is -2.80. The average molecular weight is 632 g/mol. The number of fused-ring (bicyclic) bond motifs is 2. The second-order valence-electron chi connectivity index (χ2n) is 12.7. The normalized spacial score (nSPS) is 18.6. The van der Waals surface area contributed by atoms with Crippen LogP contribution >= 0.6 is 0 Å². The fraction of sp³-hybridized carbons (Fsp3) is 0.484. The number of halogens is 3. The molecule has 2 atom stereocenters. The third-order valence-electron chi connectivity index (χ3n) is 6.85. The Morgan fingerprint density at radius 1 is 1.02 bits per heavy atom. The Balaban J connectivity index is 1.29. The number of ether oxygens (including phenoxy) is 4. The molecular weight excluding hydrogens is 595 g/mol. The molecule has 5 rings (SSSR count). The fourth-order valence-electron chi connectivity index (χ4n) is 5.05. The first-order chi connectivity index (χ1) is 21.0. The molecule has 0 spiro atoms. The molecule has 0 saturated carbocycles. The van der Waals surface area contributed by atoms with Crippen molar-refractivity contribution in [1.29, 1.82) is 0 Å². The van der Waals surface area contributed by atoms with Crippen molar-refractivity contribution in [2.75, 3.05) is 18.6 Å². The van der Waals surface area contributed by atoms with Gasteiger partial charge in [-0.1, -0.05) is 0 Å². The highest BCUT2D eigenvalue weighted by molar-refractivity contribution is 6.18. The van der Waals surface area contributed by atoms with Crippen LogP contribution in [-0.4, -0.2) is 63.1 Å². The van der Waals surface area contributed by atoms with Crippen LogP contribution in [0.1, 0.15) is 71.7 Å². The molecule has 3 aromatic rings. The number of pyridine rings is 1. The zero-order valence-electron chi connectivity index (χ0n) is 25.9. The Kier molecular flexibility index (Phi) is 8.47. The van der Waals surface area contributed by atoms with E-state index in [4.69, 9.17) is 18.9 Å². The molecule has 2 unspecified atom stereocenters. The van der Waals surface area contributed by atoms with Crippen molar-refractivity contribution in [1.82, 2.24) is 14.5 Å². The molecule has 0 aliphatic carbocycles. The number of rotatable bonds is 4. The van der Waals surface area contributed by atoms with Crippen molar-refractivity contribution in [2.45, 2.75) is 84.1 Å². The van der Waals surface area contributed by atoms with Gasteiger partial charge in [-0.15, -0.1) is 0 Å². The van der Waals surface area contributed by atoms with Gasteiger partial charge in [0.25, 0.3) is 0 Å². The van der Waals surface area contributed by atoms with Gasteiger partial charge in [-0.05, 0) is 78.6 Å². The number of nitrogens with zero attached hydrogens (tertiary/aromatic N) is 4. The van der Waals surface area contributed by atoms with E-state index in [1.54, 1.807) is 53.8 Å². The molecule has 2 amide bonds. The maximum Gasteiger partial charge on any atom is 0.425 e. The number of amidine groups is 1. The van der Waals surface area contributed by atoms with Crippen molar-refractivity contribution in [3.8, 4) is 5.75 Å². The summed E-state index contributed by atoms with van der Waals surface area (Å²) in [7, 11) is 0. The van der Waals surface area contributed by atoms with Crippen LogP contribution in [0.5, 0.6) is 5.75 Å². The van der Waals surface area contributed by atoms with Gasteiger partial charge in [0.05, 0.1) is 22.7 Å². The Morgan fingerprint density at radius 3 is 2.36 bits per heavy atom. The molecule has 0 radical (unpaired) electrons. The summed E-state index contributed by atoms with van der Waals surface area (Å²) in [4.78, 5) is 35.7. The SMILES string of the molecule is CC(C)(C)OC(=O)N(C(=O)OC(C)(C)C)C1=NCNc2c1ccn2C1CCC(COc2ccc3c(C(F)(F)F)ccnc3c2)O1. The summed E-state index contributed by atoms with van der Waals surface area (Å²) < 4.78 is 65.1. The molecule has 2 aromatic heterocycles. The summed E-state index contributed by atoms with van der Waals surface area (Å²) >= 11 is 0. The van der Waals surface area contributed by atoms with Crippen molar-refractivity contribution in [2.24, 2.45) is 4.99 Å². The van der Waals surface area contributed by atoms with Crippen LogP contribution in [0.15, 0.2) is 47.7 Å². The number of hydrogen-bond donors (Lipinski definition) is 1. The van der Waals surface area contributed by atoms with E-state index in [1.165, 1.54) is 18.2 Å². The number of alkyl halides is 3. The van der Waals surface area contributed by atoms with E-state index in [2.05, 4.69) is 15.3 Å². The zero-order valence-corrected chi connectivity index (χ0v) is 25.9. The molecule has 14 heteroatoms. The van der Waals surface area contributed by atoms with Gasteiger partial charge in [-0.3, -0.25) is 4.98 Å². The first-order valence-corrected chi connectivity index (χ1v) is 14.5. The van der Waals surface area contributed by atoms with Crippen LogP contribution in [0, 0.1) is 0 Å². The first kappa shape index (κ1) is 32.1. The lowest BCUT2D eigenvalue weighted by molar-refractivity contribution is -0.136. The van der Waals surface area contributed by atoms with E-state index >= 15 is 0 Å². The molecule has 242 valence electrons. The van der Waals surface area contributed by atoms with E-state index in [-0.39, 0.29) is 36.1 Å². The number of aromatic nitrogens is 2. The van der Waals surface area contributed by atoms with Gasteiger partial charge in [-0.25, -0.2) is 14.6 Å². The smallest absolute Gasteiger partial charge is 0.425 e. The summed E-state index contributed by atoms with van der Waals surface area (Å²) in [5.41, 5.74) is -1.82. The molecule has 45 heavy (non-hydrogen) atoms. The second kappa shape index (κ2) is 11.9. The Morgan fingerprint density at radius 2 is 1.71 bits per heavy atom. The number of aliphatic imine (C=N–C) groups is 1. The maximum absolute atomic E-state index is 13.3. The van der Waals surface area contributed by atoms with E-state index in [1.807, 2.05) is 4.57 Å². The van der Waals surface area contributed by atoms with Crippen LogP contribution in [0.25, 0.3) is 10.9 Å². The summed E-state index contributed by atoms with van der Waals surface area (Å²) in [6.45, 7) is 10.4. The molecule has 11 nitrogen and oxygen atoms in total. The van der Waals surface area contributed by atoms with Crippen molar-refractivity contribution in [3.63, 3.8) is 0 Å². The van der Waals surface area contributed by atoms with Gasteiger partial charge in [0, 0.05) is 23.8 Å². The van der Waals surface area contributed by atoms with E-state index in [9.17, 15) is 22.8 Å². The number of carbonyl (C=O) groups is 2. The lowest BCUT2D eigenvalue weighted by Gasteiger charge is -2.30. The second-order valence-corrected chi connectivity index (χ2v) is 12.7. The van der Waals surface area contributed by atoms with Gasteiger partial charge >= 0.3 is 18.4 Å². The zero-order chi connectivity index (χ0) is 32.7. The predicted molar refractivity (Wildman–Crippen MR) is 159 cm³/mol. The van der Waals surface area contributed by atoms with Crippen molar-refractivity contribution >= 4 is 34.7 Å². The minimum atomic E-state index is -4.49. The molecule has 0 bridgehead atoms. The molecule has 1 N–H and O–H groups in total. The maximum atomic E-state index is 13.3. The highest BCUT2D eigenvalue weighted by Crippen LogP contribution is 2.37. The Hall–Kier alpha value is -4.33. The molecule has 1 aromatic carbocycles. The molecule has 1 fully saturated rings. The molecular formula is C31H36F3N5O6. The highest BCUT2D eigenvalue weighted by atomic mass is 19.4. The van der Waals surface area contributed by atoms with Crippen LogP contribution in [0.4, 0.5) is 28.6 Å². The van der Waals surface area contributed by atoms with Crippen molar-refractivity contribution in [3.05, 3.63) is 53.9 Å². The third-order valence-corrected chi connectivity index (χ3v) is 6.85. The van der Waals surface area contributed by atoms with Gasteiger partial charge in [-0.2, -0.15) is 18.1 Å². The predicted octanol–water partition coefficient (Wildman–Crippen LogP) is 7.11. The quantitative estimate of drug-likeness (QED) is 0.324. The summed E-state index contributed by atoms with van der Waals surface area (Å²) in [6, 6.07) is 7.00. The van der Waals surface area contributed by atoms with Gasteiger partial charge in [0.2, 0.25) is 0 Å². The van der Waals surface area contributed by atoms with E-state index in [0.717, 1.165) is 17.2 Å². The number of amides is 2. The van der Waals surface area contributed by atoms with Crippen LogP contribution < -0.4 is 10.1 Å². The molecule has 2 aliphatic heterocycles. The fourth-order valence-corrected chi connectivity index (χ4v) is 5.05. The standard InChI is InChI=1S/C31H36F3N5O6/c1-29(2,3)44-27(40)39(28(41)45-30(4,5)6)26-21-12-14-38(25(21)36-17-37-26)24-10-8-19(43-24)16-42-18-7-9-20-22(31(32,33)34)11-13-35-23(20)15-18/h7,9,11-15,19,24,36H,8,10,16-17H2,1-6H3. The molecule has 4 heterocycles. The molecule has 1 saturated heterocycles. The van der Waals surface area contributed by atoms with E-state index < -0.39 is 41.4 Å². The van der Waals surface area contributed by atoms with Crippen LogP contribution in [0.2, 0.25) is 0 Å². The summed E-state index contributed by atoms with van der Waals surface area (Å²) in [5, 5.41) is 3.20. The van der Waals surface area contributed by atoms with Crippen LogP contribution in [0.3, 0.4) is 0 Å². The third kappa shape index (κ3) is 7.32. The lowest BCUT2D eigenvalue weighted by atomic mass is 10.1. The van der Waals surface area contributed by atoms with Gasteiger partial charge in [0.15, 0.2) is 5.84 Å². The number of anilines is 1. The highest BCUT2D eigenvalue weighted by Gasteiger charge is 2.39. The topological polar surface area (TPSA) is 117 Å². The largest absolute Gasteiger partial charge is 0.491 e. The monoisotopic (exact) mass is 631 g/mol. The lowest BCUT2D eigenvalue weighted by Crippen LogP contribution is -2.48. The van der Waals surface area contributed by atoms with Crippen LogP contribution in [-0.2, 0) is 20.4 Å². The minimum Gasteiger partial charge on any atom is -0.491 e. The van der Waals surface area contributed by atoms with Crippen molar-refractivity contribution < 1.29 is 41.7 Å². The number of hydrogen-bond acceptors (Lipinski definition) is 9. The van der Waals surface area contributed by atoms with Gasteiger partial charge < -0.3 is 28.8 Å². The van der Waals surface area contributed by atoms with E-state index in [0.29, 0.717) is 30.0 Å². The summed E-state index contributed by atoms with van der Waals surface area (Å²) in [5.74, 6) is 1.07. The first-order valence-electron chi connectivity index (χ1n) is 14.5. The Labute approximate surface area is 258 Å². The number of carbonyl (C=O) groups excluding carboxylic acids is 2. The number of nitrogens with one attached hydrogen (secondary N) is 1. The van der Waals surface area contributed by atoms with Gasteiger partial charge in [0.1, 0.15) is 42.3 Å². The molecule has 2 aliphatic rings. The number of imide groups is 1. The Bertz CT molecular complexity index is 1590.